The second-order valence-corrected chi connectivity index (χ2v) is 1.63. The Balaban J connectivity index is 3.25. The molecule has 0 bridgehead atoms. The molecule has 0 radical (unpaired) electrons. The summed E-state index contributed by atoms with van der Waals surface area (Å²) >= 11 is 0. The molecule has 0 atom stereocenters. The summed E-state index contributed by atoms with van der Waals surface area (Å²) in [4.78, 5) is 4.00. The molecule has 7 heavy (non-hydrogen) atoms. The minimum absolute atomic E-state index is 0.401. The maximum absolute atomic E-state index is 4.00. The first-order chi connectivity index (χ1) is 3.27. The molecule has 0 rings (SSSR count). The Bertz CT molecular complexity index is 72.2. The van der Waals surface area contributed by atoms with E-state index in [0.29, 0.717) is 6.04 Å². The van der Waals surface area contributed by atoms with Crippen LogP contribution in [0.25, 0.3) is 0 Å². The van der Waals surface area contributed by atoms with Crippen molar-refractivity contribution in [2.75, 3.05) is 0 Å². The van der Waals surface area contributed by atoms with Crippen molar-refractivity contribution < 1.29 is 0 Å². The van der Waals surface area contributed by atoms with E-state index >= 15 is 0 Å². The van der Waals surface area contributed by atoms with Crippen LogP contribution in [0, 0.1) is 0 Å². The van der Waals surface area contributed by atoms with Crippen LogP contribution in [0.2, 0.25) is 0 Å². The number of allylic oxidation sites excluding steroid dienone is 1. The number of nitrogens with zero attached hydrogens (tertiary/aromatic N) is 1. The molecule has 1 heteroatoms. The Kier molecular flexibility index (Phi) is 3.29. The van der Waals surface area contributed by atoms with Crippen molar-refractivity contribution in [2.45, 2.75) is 19.9 Å². The second-order valence-electron chi connectivity index (χ2n) is 1.63. The maximum atomic E-state index is 4.00. The average Bonchev–Trinajstić information content (AvgIpc) is 1.61. The van der Waals surface area contributed by atoms with Crippen LogP contribution in [0.15, 0.2) is 17.6 Å². The molecule has 0 aliphatic heterocycles. The van der Waals surface area contributed by atoms with Gasteiger partial charge in [0.1, 0.15) is 0 Å². The lowest BCUT2D eigenvalue weighted by Crippen LogP contribution is -1.85. The molecule has 0 N–H and O–H groups in total. The maximum Gasteiger partial charge on any atom is 0.0443 e. The lowest BCUT2D eigenvalue weighted by Gasteiger charge is -1.88. The van der Waals surface area contributed by atoms with Gasteiger partial charge in [0.2, 0.25) is 0 Å². The summed E-state index contributed by atoms with van der Waals surface area (Å²) in [7, 11) is 0. The van der Waals surface area contributed by atoms with Crippen LogP contribution in [0.4, 0.5) is 0 Å². The van der Waals surface area contributed by atoms with E-state index in [9.17, 15) is 0 Å². The van der Waals surface area contributed by atoms with Crippen LogP contribution in [0.1, 0.15) is 13.8 Å². The molecule has 40 valence electrons. The molecule has 0 spiro atoms. The Hall–Kier alpha value is -0.590. The minimum Gasteiger partial charge on any atom is -0.290 e. The third kappa shape index (κ3) is 5.41. The quantitative estimate of drug-likeness (QED) is 0.464. The predicted molar refractivity (Wildman–Crippen MR) is 33.8 cm³/mol. The number of rotatable bonds is 2. The predicted octanol–water partition coefficient (Wildman–Crippen LogP) is 1.65. The van der Waals surface area contributed by atoms with E-state index in [-0.39, 0.29) is 0 Å². The second kappa shape index (κ2) is 3.59. The minimum atomic E-state index is 0.401. The van der Waals surface area contributed by atoms with Gasteiger partial charge in [-0.25, -0.2) is 0 Å². The van der Waals surface area contributed by atoms with E-state index < -0.39 is 0 Å². The van der Waals surface area contributed by atoms with E-state index in [1.807, 2.05) is 13.8 Å². The lowest BCUT2D eigenvalue weighted by atomic mass is 10.4. The largest absolute Gasteiger partial charge is 0.290 e. The molecule has 0 aromatic rings. The van der Waals surface area contributed by atoms with Crippen molar-refractivity contribution in [1.82, 2.24) is 0 Å². The van der Waals surface area contributed by atoms with Crippen molar-refractivity contribution in [3.8, 4) is 0 Å². The summed E-state index contributed by atoms with van der Waals surface area (Å²) in [6.45, 7) is 7.54. The summed E-state index contributed by atoms with van der Waals surface area (Å²) in [5, 5.41) is 0. The van der Waals surface area contributed by atoms with Crippen LogP contribution in [-0.2, 0) is 0 Å². The molecule has 0 aliphatic carbocycles. The fraction of sp³-hybridized carbons (Fsp3) is 0.500. The van der Waals surface area contributed by atoms with E-state index in [1.165, 1.54) is 0 Å². The van der Waals surface area contributed by atoms with Gasteiger partial charge in [-0.05, 0) is 13.8 Å². The summed E-state index contributed by atoms with van der Waals surface area (Å²) < 4.78 is 0. The molecular formula is C6H11N. The Labute approximate surface area is 44.8 Å². The van der Waals surface area contributed by atoms with E-state index in [4.69, 9.17) is 0 Å². The zero-order chi connectivity index (χ0) is 5.70. The topological polar surface area (TPSA) is 12.4 Å². The highest BCUT2D eigenvalue weighted by molar-refractivity contribution is 5.70. The molecule has 0 heterocycles. The third-order valence-electron chi connectivity index (χ3n) is 0.490. The van der Waals surface area contributed by atoms with Crippen LogP contribution in [0.3, 0.4) is 0 Å². The van der Waals surface area contributed by atoms with Crippen molar-refractivity contribution in [2.24, 2.45) is 4.99 Å². The molecule has 0 aliphatic rings. The van der Waals surface area contributed by atoms with E-state index in [2.05, 4.69) is 11.6 Å². The highest BCUT2D eigenvalue weighted by Gasteiger charge is 1.77. The molecule has 0 saturated carbocycles. The Morgan fingerprint density at radius 1 is 1.57 bits per heavy atom. The van der Waals surface area contributed by atoms with E-state index in [0.717, 1.165) is 0 Å². The smallest absolute Gasteiger partial charge is 0.0443 e. The number of aliphatic imine (C=N–C) groups is 1. The van der Waals surface area contributed by atoms with Crippen LogP contribution < -0.4 is 0 Å². The fourth-order valence-corrected chi connectivity index (χ4v) is 0.233. The Morgan fingerprint density at radius 3 is 2.29 bits per heavy atom. The molecule has 0 fully saturated rings. The number of hydrogen-bond donors (Lipinski definition) is 0. The first-order valence-electron chi connectivity index (χ1n) is 2.41. The number of hydrogen-bond acceptors (Lipinski definition) is 1. The molecule has 0 aromatic heterocycles. The van der Waals surface area contributed by atoms with Gasteiger partial charge in [-0.2, -0.15) is 0 Å². The molecule has 0 saturated heterocycles. The van der Waals surface area contributed by atoms with Gasteiger partial charge in [-0.1, -0.05) is 12.7 Å². The molecule has 0 amide bonds. The first-order valence-corrected chi connectivity index (χ1v) is 2.41. The molecule has 1 nitrogen and oxygen atoms in total. The van der Waals surface area contributed by atoms with Gasteiger partial charge < -0.3 is 0 Å². The lowest BCUT2D eigenvalue weighted by molar-refractivity contribution is 0.842. The Morgan fingerprint density at radius 2 is 2.14 bits per heavy atom. The van der Waals surface area contributed by atoms with Gasteiger partial charge in [0.25, 0.3) is 0 Å². The average molecular weight is 97.2 g/mol. The normalized spacial score (nSPS) is 10.7. The van der Waals surface area contributed by atoms with Crippen molar-refractivity contribution in [3.05, 3.63) is 12.7 Å². The van der Waals surface area contributed by atoms with Gasteiger partial charge in [0, 0.05) is 12.3 Å². The SMILES string of the molecule is C=CC=NC(C)C. The molecular weight excluding hydrogens is 86.1 g/mol. The zero-order valence-corrected chi connectivity index (χ0v) is 4.89. The summed E-state index contributed by atoms with van der Waals surface area (Å²) in [6, 6.07) is 0.401. The standard InChI is InChI=1S/C6H11N/c1-4-5-7-6(2)3/h4-6H,1H2,2-3H3. The molecule has 0 unspecified atom stereocenters. The third-order valence-corrected chi connectivity index (χ3v) is 0.490. The van der Waals surface area contributed by atoms with Crippen LogP contribution in [-0.4, -0.2) is 12.3 Å². The van der Waals surface area contributed by atoms with Crippen LogP contribution in [0.5, 0.6) is 0 Å². The summed E-state index contributed by atoms with van der Waals surface area (Å²) in [6.07, 6.45) is 3.39. The highest BCUT2D eigenvalue weighted by Crippen LogP contribution is 1.81. The fourth-order valence-electron chi connectivity index (χ4n) is 0.233. The zero-order valence-electron chi connectivity index (χ0n) is 4.89. The summed E-state index contributed by atoms with van der Waals surface area (Å²) in [5.41, 5.74) is 0. The van der Waals surface area contributed by atoms with Gasteiger partial charge in [-0.15, -0.1) is 0 Å². The van der Waals surface area contributed by atoms with Crippen LogP contribution >= 0.6 is 0 Å². The molecule has 0 aromatic carbocycles. The van der Waals surface area contributed by atoms with Gasteiger partial charge in [0.15, 0.2) is 0 Å². The van der Waals surface area contributed by atoms with E-state index in [1.54, 1.807) is 12.3 Å². The van der Waals surface area contributed by atoms with Crippen molar-refractivity contribution in [3.63, 3.8) is 0 Å². The summed E-state index contributed by atoms with van der Waals surface area (Å²) in [5.74, 6) is 0. The van der Waals surface area contributed by atoms with Crippen molar-refractivity contribution in [1.29, 1.82) is 0 Å². The van der Waals surface area contributed by atoms with Gasteiger partial charge in [0.05, 0.1) is 0 Å². The first kappa shape index (κ1) is 6.41. The van der Waals surface area contributed by atoms with Gasteiger partial charge >= 0.3 is 0 Å². The monoisotopic (exact) mass is 97.1 g/mol. The highest BCUT2D eigenvalue weighted by atomic mass is 14.7. The van der Waals surface area contributed by atoms with Gasteiger partial charge in [-0.3, -0.25) is 4.99 Å². The van der Waals surface area contributed by atoms with Crippen molar-refractivity contribution >= 4 is 6.21 Å².